The van der Waals surface area contributed by atoms with Crippen molar-refractivity contribution in [3.05, 3.63) is 144 Å². The van der Waals surface area contributed by atoms with Gasteiger partial charge in [-0.25, -0.2) is 9.79 Å². The van der Waals surface area contributed by atoms with Crippen LogP contribution >= 0.6 is 22.9 Å². The van der Waals surface area contributed by atoms with Gasteiger partial charge in [0.15, 0.2) is 4.80 Å². The molecule has 210 valence electrons. The van der Waals surface area contributed by atoms with Crippen LogP contribution in [0.3, 0.4) is 0 Å². The quantitative estimate of drug-likeness (QED) is 0.211. The average molecular weight is 595 g/mol. The number of halogens is 1. The maximum Gasteiger partial charge on any atom is 0.338 e. The molecular weight excluding hydrogens is 568 g/mol. The van der Waals surface area contributed by atoms with E-state index in [1.807, 2.05) is 66.7 Å². The molecule has 5 aromatic rings. The SMILES string of the molecule is CCOC(=O)C1=C(C)N=c2sc(=Cc3ccc(OCc4cccc5ccccc45)cc3)c(=O)n2C1c1ccccc1Cl. The molecule has 0 fully saturated rings. The third-order valence-corrected chi connectivity index (χ3v) is 8.50. The van der Waals surface area contributed by atoms with Crippen LogP contribution in [0.25, 0.3) is 16.8 Å². The zero-order valence-electron chi connectivity index (χ0n) is 23.0. The van der Waals surface area contributed by atoms with Crippen LogP contribution in [0.15, 0.2) is 112 Å². The highest BCUT2D eigenvalue weighted by atomic mass is 35.5. The Bertz CT molecular complexity index is 2020. The van der Waals surface area contributed by atoms with Crippen LogP contribution in [0.4, 0.5) is 0 Å². The largest absolute Gasteiger partial charge is 0.489 e. The first-order valence-electron chi connectivity index (χ1n) is 13.6. The molecule has 6 rings (SSSR count). The number of hydrogen-bond donors (Lipinski definition) is 0. The number of fused-ring (bicyclic) bond motifs is 2. The average Bonchev–Trinajstić information content (AvgIpc) is 3.30. The van der Waals surface area contributed by atoms with E-state index in [2.05, 4.69) is 29.3 Å². The van der Waals surface area contributed by atoms with Crippen molar-refractivity contribution >= 4 is 45.8 Å². The number of esters is 1. The summed E-state index contributed by atoms with van der Waals surface area (Å²) in [4.78, 5) is 32.0. The molecule has 2 heterocycles. The summed E-state index contributed by atoms with van der Waals surface area (Å²) in [7, 11) is 0. The lowest BCUT2D eigenvalue weighted by Crippen LogP contribution is -2.40. The fourth-order valence-electron chi connectivity index (χ4n) is 5.17. The molecule has 1 aromatic heterocycles. The van der Waals surface area contributed by atoms with E-state index in [4.69, 9.17) is 21.1 Å². The Labute approximate surface area is 251 Å². The lowest BCUT2D eigenvalue weighted by molar-refractivity contribution is -0.139. The van der Waals surface area contributed by atoms with Gasteiger partial charge in [0.1, 0.15) is 18.4 Å². The van der Waals surface area contributed by atoms with E-state index in [-0.39, 0.29) is 12.2 Å². The van der Waals surface area contributed by atoms with Crippen molar-refractivity contribution in [2.24, 2.45) is 4.99 Å². The van der Waals surface area contributed by atoms with E-state index in [0.717, 1.165) is 16.9 Å². The Balaban J connectivity index is 1.32. The molecule has 6 nitrogen and oxygen atoms in total. The summed E-state index contributed by atoms with van der Waals surface area (Å²) in [6.45, 7) is 4.15. The number of rotatable bonds is 7. The Morgan fingerprint density at radius 1 is 1.00 bits per heavy atom. The van der Waals surface area contributed by atoms with Gasteiger partial charge >= 0.3 is 5.97 Å². The molecule has 0 spiro atoms. The van der Waals surface area contributed by atoms with Gasteiger partial charge in [-0.15, -0.1) is 0 Å². The van der Waals surface area contributed by atoms with Crippen LogP contribution in [-0.2, 0) is 16.1 Å². The number of carbonyl (C=O) groups excluding carboxylic acids is 1. The lowest BCUT2D eigenvalue weighted by Gasteiger charge is -2.25. The molecule has 0 saturated heterocycles. The molecule has 8 heteroatoms. The van der Waals surface area contributed by atoms with Crippen molar-refractivity contribution in [1.82, 2.24) is 4.57 Å². The van der Waals surface area contributed by atoms with Gasteiger partial charge in [0.25, 0.3) is 5.56 Å². The van der Waals surface area contributed by atoms with E-state index in [0.29, 0.717) is 37.8 Å². The zero-order valence-corrected chi connectivity index (χ0v) is 24.6. The minimum absolute atomic E-state index is 0.205. The standard InChI is InChI=1S/C34H27ClN2O4S/c1-3-40-33(39)30-21(2)36-34-37(31(30)27-13-6-7-14-28(27)35)32(38)29(42-34)19-22-15-17-25(18-16-22)41-20-24-11-8-10-23-9-4-5-12-26(23)24/h4-19,31H,3,20H2,1-2H3. The number of nitrogens with zero attached hydrogens (tertiary/aromatic N) is 2. The second kappa shape index (κ2) is 11.8. The van der Waals surface area contributed by atoms with E-state index in [1.165, 1.54) is 22.1 Å². The molecule has 0 amide bonds. The first-order chi connectivity index (χ1) is 20.4. The Hall–Kier alpha value is -4.46. The highest BCUT2D eigenvalue weighted by molar-refractivity contribution is 7.07. The molecule has 1 atom stereocenters. The first-order valence-corrected chi connectivity index (χ1v) is 14.8. The van der Waals surface area contributed by atoms with Crippen molar-refractivity contribution in [3.8, 4) is 5.75 Å². The van der Waals surface area contributed by atoms with Crippen molar-refractivity contribution in [3.63, 3.8) is 0 Å². The molecule has 0 bridgehead atoms. The number of allylic oxidation sites excluding steroid dienone is 1. The molecule has 1 aliphatic heterocycles. The first kappa shape index (κ1) is 27.7. The topological polar surface area (TPSA) is 69.9 Å². The molecule has 1 unspecified atom stereocenters. The predicted molar refractivity (Wildman–Crippen MR) is 167 cm³/mol. The van der Waals surface area contributed by atoms with Crippen molar-refractivity contribution in [2.45, 2.75) is 26.5 Å². The lowest BCUT2D eigenvalue weighted by atomic mass is 9.96. The minimum Gasteiger partial charge on any atom is -0.489 e. The number of benzene rings is 4. The molecule has 0 aliphatic carbocycles. The second-order valence-corrected chi connectivity index (χ2v) is 11.2. The van der Waals surface area contributed by atoms with Gasteiger partial charge in [-0.3, -0.25) is 9.36 Å². The van der Waals surface area contributed by atoms with Crippen LogP contribution in [0.1, 0.15) is 36.6 Å². The van der Waals surface area contributed by atoms with Gasteiger partial charge < -0.3 is 9.47 Å². The van der Waals surface area contributed by atoms with Gasteiger partial charge in [0.2, 0.25) is 0 Å². The van der Waals surface area contributed by atoms with Gasteiger partial charge in [-0.05, 0) is 65.6 Å². The third-order valence-electron chi connectivity index (χ3n) is 7.17. The highest BCUT2D eigenvalue weighted by Crippen LogP contribution is 2.34. The van der Waals surface area contributed by atoms with Gasteiger partial charge in [0.05, 0.1) is 22.4 Å². The normalized spacial score (nSPS) is 14.9. The summed E-state index contributed by atoms with van der Waals surface area (Å²) < 4.78 is 13.5. The van der Waals surface area contributed by atoms with Crippen molar-refractivity contribution in [2.75, 3.05) is 6.61 Å². The minimum atomic E-state index is -0.749. The Morgan fingerprint density at radius 3 is 2.52 bits per heavy atom. The Kier molecular flexibility index (Phi) is 7.78. The summed E-state index contributed by atoms with van der Waals surface area (Å²) in [5, 5.41) is 2.80. The molecule has 0 saturated carbocycles. The third kappa shape index (κ3) is 5.29. The second-order valence-electron chi connectivity index (χ2n) is 9.82. The highest BCUT2D eigenvalue weighted by Gasteiger charge is 2.34. The fraction of sp³-hybridized carbons (Fsp3) is 0.147. The van der Waals surface area contributed by atoms with E-state index < -0.39 is 12.0 Å². The number of thiazole rings is 1. The summed E-state index contributed by atoms with van der Waals surface area (Å²) in [5.74, 6) is 0.215. The number of hydrogen-bond acceptors (Lipinski definition) is 6. The predicted octanol–water partition coefficient (Wildman–Crippen LogP) is 6.18. The number of carbonyl (C=O) groups is 1. The number of aromatic nitrogens is 1. The zero-order chi connectivity index (χ0) is 29.2. The van der Waals surface area contributed by atoms with Crippen LogP contribution in [0.5, 0.6) is 5.75 Å². The maximum absolute atomic E-state index is 13.8. The maximum atomic E-state index is 13.8. The smallest absolute Gasteiger partial charge is 0.338 e. The summed E-state index contributed by atoms with van der Waals surface area (Å²) in [6.07, 6.45) is 1.82. The van der Waals surface area contributed by atoms with Crippen molar-refractivity contribution < 1.29 is 14.3 Å². The molecule has 42 heavy (non-hydrogen) atoms. The fourth-order valence-corrected chi connectivity index (χ4v) is 6.46. The van der Waals surface area contributed by atoms with Gasteiger partial charge in [0, 0.05) is 5.02 Å². The summed E-state index contributed by atoms with van der Waals surface area (Å²) in [5.41, 5.74) is 3.14. The van der Waals surface area contributed by atoms with Crippen LogP contribution in [-0.4, -0.2) is 17.1 Å². The molecule has 4 aromatic carbocycles. The van der Waals surface area contributed by atoms with Crippen LogP contribution < -0.4 is 19.6 Å². The van der Waals surface area contributed by atoms with Crippen molar-refractivity contribution in [1.29, 1.82) is 0 Å². The van der Waals surface area contributed by atoms with E-state index in [9.17, 15) is 9.59 Å². The molecular formula is C34H27ClN2O4S. The molecule has 0 radical (unpaired) electrons. The van der Waals surface area contributed by atoms with Gasteiger partial charge in [-0.1, -0.05) is 95.7 Å². The number of ether oxygens (including phenoxy) is 2. The molecule has 1 aliphatic rings. The summed E-state index contributed by atoms with van der Waals surface area (Å²) in [6, 6.07) is 28.5. The van der Waals surface area contributed by atoms with Gasteiger partial charge in [-0.2, -0.15) is 0 Å². The van der Waals surface area contributed by atoms with Crippen LogP contribution in [0, 0.1) is 0 Å². The molecule has 0 N–H and O–H groups in total. The monoisotopic (exact) mass is 594 g/mol. The van der Waals surface area contributed by atoms with E-state index >= 15 is 0 Å². The van der Waals surface area contributed by atoms with E-state index in [1.54, 1.807) is 24.5 Å². The summed E-state index contributed by atoms with van der Waals surface area (Å²) >= 11 is 7.85. The van der Waals surface area contributed by atoms with Crippen LogP contribution in [0.2, 0.25) is 5.02 Å². The Morgan fingerprint density at radius 2 is 1.74 bits per heavy atom.